The molecular formula is C17H26N4O4. The molecule has 138 valence electrons. The first-order valence-electron chi connectivity index (χ1n) is 8.95. The van der Waals surface area contributed by atoms with Crippen molar-refractivity contribution in [3.63, 3.8) is 0 Å². The largest absolute Gasteiger partial charge is 0.378 e. The Bertz CT molecular complexity index is 740. The van der Waals surface area contributed by atoms with Crippen LogP contribution in [-0.2, 0) is 23.1 Å². The van der Waals surface area contributed by atoms with Crippen LogP contribution in [0, 0.1) is 5.92 Å². The van der Waals surface area contributed by atoms with Crippen molar-refractivity contribution in [2.45, 2.75) is 26.3 Å². The summed E-state index contributed by atoms with van der Waals surface area (Å²) in [5.41, 5.74) is -0.590. The summed E-state index contributed by atoms with van der Waals surface area (Å²) in [5, 5.41) is 0. The van der Waals surface area contributed by atoms with Gasteiger partial charge in [0.15, 0.2) is 0 Å². The Morgan fingerprint density at radius 1 is 1.16 bits per heavy atom. The fourth-order valence-corrected chi connectivity index (χ4v) is 3.62. The molecule has 2 saturated heterocycles. The first kappa shape index (κ1) is 17.7. The zero-order chi connectivity index (χ0) is 18.0. The van der Waals surface area contributed by atoms with Gasteiger partial charge in [-0.3, -0.25) is 18.7 Å². The summed E-state index contributed by atoms with van der Waals surface area (Å²) in [7, 11) is 1.49. The van der Waals surface area contributed by atoms with Crippen molar-refractivity contribution in [2.24, 2.45) is 13.0 Å². The van der Waals surface area contributed by atoms with Crippen LogP contribution in [0.5, 0.6) is 0 Å². The van der Waals surface area contributed by atoms with Gasteiger partial charge < -0.3 is 14.5 Å². The van der Waals surface area contributed by atoms with E-state index in [2.05, 4.69) is 4.90 Å². The predicted molar refractivity (Wildman–Crippen MR) is 94.0 cm³/mol. The Hall–Kier alpha value is -2.09. The number of carbonyl (C=O) groups excluding carboxylic acids is 1. The van der Waals surface area contributed by atoms with Crippen molar-refractivity contribution in [1.82, 2.24) is 14.0 Å². The maximum atomic E-state index is 12.6. The minimum absolute atomic E-state index is 0.0164. The van der Waals surface area contributed by atoms with E-state index in [4.69, 9.17) is 4.74 Å². The van der Waals surface area contributed by atoms with Gasteiger partial charge in [-0.05, 0) is 19.8 Å². The Labute approximate surface area is 146 Å². The second-order valence-electron chi connectivity index (χ2n) is 6.63. The average molecular weight is 350 g/mol. The number of morpholine rings is 1. The number of piperidine rings is 1. The average Bonchev–Trinajstić information content (AvgIpc) is 2.66. The Kier molecular flexibility index (Phi) is 5.27. The number of aromatic nitrogens is 2. The van der Waals surface area contributed by atoms with Crippen LogP contribution < -0.4 is 16.1 Å². The van der Waals surface area contributed by atoms with Crippen LogP contribution in [-0.4, -0.2) is 59.3 Å². The molecule has 0 unspecified atom stereocenters. The molecule has 0 N–H and O–H groups in total. The smallest absolute Gasteiger partial charge is 0.332 e. The molecule has 2 fully saturated rings. The minimum atomic E-state index is -0.295. The van der Waals surface area contributed by atoms with Gasteiger partial charge >= 0.3 is 5.69 Å². The summed E-state index contributed by atoms with van der Waals surface area (Å²) in [4.78, 5) is 40.9. The Morgan fingerprint density at radius 3 is 2.40 bits per heavy atom. The molecule has 2 aliphatic rings. The lowest BCUT2D eigenvalue weighted by molar-refractivity contribution is -0.140. The molecule has 0 bridgehead atoms. The van der Waals surface area contributed by atoms with E-state index < -0.39 is 0 Å². The molecule has 0 aromatic carbocycles. The second kappa shape index (κ2) is 7.43. The van der Waals surface area contributed by atoms with Crippen LogP contribution in [0.3, 0.4) is 0 Å². The summed E-state index contributed by atoms with van der Waals surface area (Å²) >= 11 is 0. The van der Waals surface area contributed by atoms with E-state index >= 15 is 0 Å². The van der Waals surface area contributed by atoms with Gasteiger partial charge in [0.05, 0.1) is 13.2 Å². The standard InChI is InChI=1S/C17H26N4O4/c1-3-21-14(12-15(22)18(2)17(21)24)19-6-4-13(5-7-19)16(23)20-8-10-25-11-9-20/h12-13H,3-11H2,1-2H3. The highest BCUT2D eigenvalue weighted by Crippen LogP contribution is 2.24. The highest BCUT2D eigenvalue weighted by molar-refractivity contribution is 5.79. The molecule has 0 radical (unpaired) electrons. The second-order valence-corrected chi connectivity index (χ2v) is 6.63. The molecule has 25 heavy (non-hydrogen) atoms. The van der Waals surface area contributed by atoms with Crippen LogP contribution in [0.4, 0.5) is 5.82 Å². The Morgan fingerprint density at radius 2 is 1.80 bits per heavy atom. The highest BCUT2D eigenvalue weighted by Gasteiger charge is 2.30. The number of nitrogens with zero attached hydrogens (tertiary/aromatic N) is 4. The van der Waals surface area contributed by atoms with E-state index in [1.807, 2.05) is 11.8 Å². The zero-order valence-electron chi connectivity index (χ0n) is 14.9. The molecule has 1 amide bonds. The minimum Gasteiger partial charge on any atom is -0.378 e. The third-order valence-corrected chi connectivity index (χ3v) is 5.18. The van der Waals surface area contributed by atoms with Crippen molar-refractivity contribution < 1.29 is 9.53 Å². The molecule has 0 atom stereocenters. The summed E-state index contributed by atoms with van der Waals surface area (Å²) in [6.07, 6.45) is 1.48. The molecule has 8 nitrogen and oxygen atoms in total. The van der Waals surface area contributed by atoms with Crippen molar-refractivity contribution in [1.29, 1.82) is 0 Å². The van der Waals surface area contributed by atoms with Crippen LogP contribution in [0.2, 0.25) is 0 Å². The fraction of sp³-hybridized carbons (Fsp3) is 0.706. The molecule has 3 rings (SSSR count). The van der Waals surface area contributed by atoms with Crippen molar-refractivity contribution in [2.75, 3.05) is 44.3 Å². The van der Waals surface area contributed by atoms with Gasteiger partial charge in [-0.2, -0.15) is 0 Å². The molecule has 0 saturated carbocycles. The first-order valence-corrected chi connectivity index (χ1v) is 8.95. The van der Waals surface area contributed by atoms with Crippen molar-refractivity contribution in [3.8, 4) is 0 Å². The van der Waals surface area contributed by atoms with E-state index in [9.17, 15) is 14.4 Å². The SMILES string of the molecule is CCn1c(N2CCC(C(=O)N3CCOCC3)CC2)cc(=O)n(C)c1=O. The third kappa shape index (κ3) is 3.49. The van der Waals surface area contributed by atoms with Crippen LogP contribution >= 0.6 is 0 Å². The van der Waals surface area contributed by atoms with Gasteiger partial charge in [-0.15, -0.1) is 0 Å². The molecular weight excluding hydrogens is 324 g/mol. The molecule has 3 heterocycles. The lowest BCUT2D eigenvalue weighted by Crippen LogP contribution is -2.48. The van der Waals surface area contributed by atoms with Crippen molar-refractivity contribution in [3.05, 3.63) is 26.9 Å². The molecule has 2 aliphatic heterocycles. The van der Waals surface area contributed by atoms with Crippen molar-refractivity contribution >= 4 is 11.7 Å². The summed E-state index contributed by atoms with van der Waals surface area (Å²) in [6.45, 7) is 6.31. The van der Waals surface area contributed by atoms with Crippen LogP contribution in [0.25, 0.3) is 0 Å². The summed E-state index contributed by atoms with van der Waals surface area (Å²) in [6, 6.07) is 1.52. The lowest BCUT2D eigenvalue weighted by Gasteiger charge is -2.37. The predicted octanol–water partition coefficient (Wildman–Crippen LogP) is -0.358. The molecule has 0 aliphatic carbocycles. The first-order chi connectivity index (χ1) is 12.0. The number of hydrogen-bond donors (Lipinski definition) is 0. The monoisotopic (exact) mass is 350 g/mol. The van der Waals surface area contributed by atoms with Gasteiger partial charge in [0, 0.05) is 51.8 Å². The van der Waals surface area contributed by atoms with E-state index in [0.717, 1.165) is 17.4 Å². The van der Waals surface area contributed by atoms with Gasteiger partial charge in [0.2, 0.25) is 5.91 Å². The zero-order valence-corrected chi connectivity index (χ0v) is 14.9. The number of anilines is 1. The van der Waals surface area contributed by atoms with E-state index in [0.29, 0.717) is 51.8 Å². The number of ether oxygens (including phenoxy) is 1. The quantitative estimate of drug-likeness (QED) is 0.744. The number of rotatable bonds is 3. The van der Waals surface area contributed by atoms with Gasteiger partial charge in [-0.25, -0.2) is 4.79 Å². The maximum absolute atomic E-state index is 12.6. The van der Waals surface area contributed by atoms with E-state index in [1.165, 1.54) is 13.1 Å². The van der Waals surface area contributed by atoms with E-state index in [1.54, 1.807) is 4.57 Å². The maximum Gasteiger partial charge on any atom is 0.332 e. The van der Waals surface area contributed by atoms with E-state index in [-0.39, 0.29) is 23.1 Å². The molecule has 8 heteroatoms. The summed E-state index contributed by atoms with van der Waals surface area (Å²) in [5.74, 6) is 0.885. The van der Waals surface area contributed by atoms with Crippen LogP contribution in [0.1, 0.15) is 19.8 Å². The molecule has 1 aromatic rings. The Balaban J connectivity index is 1.71. The number of carbonyl (C=O) groups is 1. The van der Waals surface area contributed by atoms with Crippen LogP contribution in [0.15, 0.2) is 15.7 Å². The molecule has 0 spiro atoms. The highest BCUT2D eigenvalue weighted by atomic mass is 16.5. The lowest BCUT2D eigenvalue weighted by atomic mass is 9.95. The number of amides is 1. The van der Waals surface area contributed by atoms with Gasteiger partial charge in [0.1, 0.15) is 5.82 Å². The summed E-state index contributed by atoms with van der Waals surface area (Å²) < 4.78 is 8.05. The van der Waals surface area contributed by atoms with Gasteiger partial charge in [0.25, 0.3) is 5.56 Å². The molecule has 1 aromatic heterocycles. The normalized spacial score (nSPS) is 19.3. The third-order valence-electron chi connectivity index (χ3n) is 5.18. The van der Waals surface area contributed by atoms with Gasteiger partial charge in [-0.1, -0.05) is 0 Å². The fourth-order valence-electron chi connectivity index (χ4n) is 3.62. The number of hydrogen-bond acceptors (Lipinski definition) is 5. The topological polar surface area (TPSA) is 76.8 Å².